The van der Waals surface area contributed by atoms with Crippen molar-refractivity contribution in [3.63, 3.8) is 0 Å². The number of alkyl halides is 1. The number of rotatable bonds is 3. The first kappa shape index (κ1) is 11.1. The minimum atomic E-state index is 0.304. The van der Waals surface area contributed by atoms with Crippen LogP contribution in [0.1, 0.15) is 52.4 Å². The van der Waals surface area contributed by atoms with E-state index >= 15 is 0 Å². The molecule has 1 aliphatic rings. The molecule has 0 aromatic rings. The Bertz CT molecular complexity index is 168. The summed E-state index contributed by atoms with van der Waals surface area (Å²) >= 11 is 6.20. The fourth-order valence-electron chi connectivity index (χ4n) is 2.22. The second-order valence-corrected chi connectivity index (χ2v) is 4.58. The molecule has 1 atom stereocenters. The third-order valence-electron chi connectivity index (χ3n) is 3.10. The van der Waals surface area contributed by atoms with Crippen LogP contribution in [-0.2, 0) is 0 Å². The summed E-state index contributed by atoms with van der Waals surface area (Å²) in [4.78, 5) is 0. The average Bonchev–Trinajstić information content (AvgIpc) is 2.32. The smallest absolute Gasteiger partial charge is 0.0518 e. The zero-order chi connectivity index (χ0) is 9.68. The predicted octanol–water partition coefficient (Wildman–Crippen LogP) is 4.53. The van der Waals surface area contributed by atoms with Crippen molar-refractivity contribution in [3.05, 3.63) is 11.6 Å². The summed E-state index contributed by atoms with van der Waals surface area (Å²) in [6, 6.07) is 0. The molecule has 0 aromatic carbocycles. The van der Waals surface area contributed by atoms with Crippen LogP contribution in [0, 0.1) is 5.92 Å². The van der Waals surface area contributed by atoms with E-state index in [1.165, 1.54) is 38.5 Å². The second-order valence-electron chi connectivity index (χ2n) is 4.02. The van der Waals surface area contributed by atoms with Gasteiger partial charge >= 0.3 is 0 Å². The summed E-state index contributed by atoms with van der Waals surface area (Å²) in [6.45, 7) is 4.56. The van der Waals surface area contributed by atoms with Gasteiger partial charge in [0.25, 0.3) is 0 Å². The van der Waals surface area contributed by atoms with Gasteiger partial charge < -0.3 is 0 Å². The highest BCUT2D eigenvalue weighted by Gasteiger charge is 2.15. The lowest BCUT2D eigenvalue weighted by molar-refractivity contribution is 0.543. The molecule has 0 radical (unpaired) electrons. The molecule has 0 saturated carbocycles. The highest BCUT2D eigenvalue weighted by Crippen LogP contribution is 2.29. The Labute approximate surface area is 87.4 Å². The molecule has 13 heavy (non-hydrogen) atoms. The fraction of sp³-hybridized carbons (Fsp3) is 0.833. The van der Waals surface area contributed by atoms with Crippen LogP contribution in [0.3, 0.4) is 0 Å². The molecule has 0 amide bonds. The standard InChI is InChI=1S/C12H21Cl/c1-3-10(4-2)11-7-5-6-8-12(13)9-11/h9-10,12H,3-8H2,1-2H3. The third kappa shape index (κ3) is 3.34. The van der Waals surface area contributed by atoms with Crippen molar-refractivity contribution in [2.75, 3.05) is 0 Å². The summed E-state index contributed by atoms with van der Waals surface area (Å²) in [5.41, 5.74) is 1.63. The van der Waals surface area contributed by atoms with E-state index < -0.39 is 0 Å². The van der Waals surface area contributed by atoms with Gasteiger partial charge in [-0.1, -0.05) is 31.9 Å². The van der Waals surface area contributed by atoms with Crippen LogP contribution in [-0.4, -0.2) is 5.38 Å². The third-order valence-corrected chi connectivity index (χ3v) is 3.44. The largest absolute Gasteiger partial charge is 0.118 e. The first-order chi connectivity index (χ1) is 6.27. The zero-order valence-corrected chi connectivity index (χ0v) is 9.61. The van der Waals surface area contributed by atoms with Crippen LogP contribution in [0.2, 0.25) is 0 Å². The topological polar surface area (TPSA) is 0 Å². The van der Waals surface area contributed by atoms with E-state index in [2.05, 4.69) is 19.9 Å². The Hall–Kier alpha value is 0.0300. The molecule has 1 unspecified atom stereocenters. The van der Waals surface area contributed by atoms with E-state index in [0.717, 1.165) is 5.92 Å². The maximum absolute atomic E-state index is 6.20. The van der Waals surface area contributed by atoms with Gasteiger partial charge in [-0.25, -0.2) is 0 Å². The van der Waals surface area contributed by atoms with Crippen LogP contribution < -0.4 is 0 Å². The summed E-state index contributed by atoms with van der Waals surface area (Å²) in [5, 5.41) is 0.304. The number of hydrogen-bond acceptors (Lipinski definition) is 0. The van der Waals surface area contributed by atoms with Crippen LogP contribution in [0.4, 0.5) is 0 Å². The molecule has 76 valence electrons. The van der Waals surface area contributed by atoms with Crippen molar-refractivity contribution >= 4 is 11.6 Å². The molecular weight excluding hydrogens is 180 g/mol. The Morgan fingerprint density at radius 3 is 2.69 bits per heavy atom. The molecule has 0 heterocycles. The van der Waals surface area contributed by atoms with E-state index in [1.54, 1.807) is 5.57 Å². The second kappa shape index (κ2) is 5.70. The highest BCUT2D eigenvalue weighted by molar-refractivity contribution is 6.21. The van der Waals surface area contributed by atoms with Crippen LogP contribution in [0.5, 0.6) is 0 Å². The fourth-order valence-corrected chi connectivity index (χ4v) is 2.54. The van der Waals surface area contributed by atoms with E-state index in [4.69, 9.17) is 11.6 Å². The van der Waals surface area contributed by atoms with Crippen molar-refractivity contribution < 1.29 is 0 Å². The Balaban J connectivity index is 2.63. The molecule has 0 nitrogen and oxygen atoms in total. The van der Waals surface area contributed by atoms with Gasteiger partial charge in [0.2, 0.25) is 0 Å². The van der Waals surface area contributed by atoms with Gasteiger partial charge in [0, 0.05) is 0 Å². The van der Waals surface area contributed by atoms with Gasteiger partial charge in [-0.05, 0) is 38.0 Å². The molecule has 1 heteroatoms. The minimum absolute atomic E-state index is 0.304. The minimum Gasteiger partial charge on any atom is -0.118 e. The molecule has 1 aliphatic carbocycles. The SMILES string of the molecule is CCC(CC)C1=CC(Cl)CCCC1. The first-order valence-corrected chi connectivity index (χ1v) is 6.06. The average molecular weight is 201 g/mol. The van der Waals surface area contributed by atoms with E-state index in [1.807, 2.05) is 0 Å². The number of allylic oxidation sites excluding steroid dienone is 2. The van der Waals surface area contributed by atoms with Gasteiger partial charge in [0.15, 0.2) is 0 Å². The molecule has 0 saturated heterocycles. The van der Waals surface area contributed by atoms with Crippen molar-refractivity contribution in [1.82, 2.24) is 0 Å². The molecule has 1 rings (SSSR count). The Morgan fingerprint density at radius 2 is 2.08 bits per heavy atom. The Kier molecular flexibility index (Phi) is 4.87. The van der Waals surface area contributed by atoms with Crippen molar-refractivity contribution in [3.8, 4) is 0 Å². The van der Waals surface area contributed by atoms with E-state index in [9.17, 15) is 0 Å². The molecule has 0 N–H and O–H groups in total. The van der Waals surface area contributed by atoms with Gasteiger partial charge in [0.1, 0.15) is 0 Å². The van der Waals surface area contributed by atoms with E-state index in [-0.39, 0.29) is 0 Å². The van der Waals surface area contributed by atoms with Crippen LogP contribution in [0.15, 0.2) is 11.6 Å². The molecule has 0 bridgehead atoms. The molecule has 0 fully saturated rings. The van der Waals surface area contributed by atoms with Gasteiger partial charge in [-0.3, -0.25) is 0 Å². The van der Waals surface area contributed by atoms with E-state index in [0.29, 0.717) is 5.38 Å². The van der Waals surface area contributed by atoms with Gasteiger partial charge in [0.05, 0.1) is 5.38 Å². The monoisotopic (exact) mass is 200 g/mol. The summed E-state index contributed by atoms with van der Waals surface area (Å²) < 4.78 is 0. The summed E-state index contributed by atoms with van der Waals surface area (Å²) in [7, 11) is 0. The lowest BCUT2D eigenvalue weighted by Crippen LogP contribution is -2.02. The summed E-state index contributed by atoms with van der Waals surface area (Å²) in [6.07, 6.45) is 9.96. The van der Waals surface area contributed by atoms with Crippen LogP contribution in [0.25, 0.3) is 0 Å². The van der Waals surface area contributed by atoms with Crippen molar-refractivity contribution in [2.45, 2.75) is 57.7 Å². The number of halogens is 1. The lowest BCUT2D eigenvalue weighted by Gasteiger charge is -2.16. The van der Waals surface area contributed by atoms with Crippen molar-refractivity contribution in [2.24, 2.45) is 5.92 Å². The molecular formula is C12H21Cl. The van der Waals surface area contributed by atoms with Crippen molar-refractivity contribution in [1.29, 1.82) is 0 Å². The predicted molar refractivity (Wildman–Crippen MR) is 60.3 cm³/mol. The quantitative estimate of drug-likeness (QED) is 0.464. The number of hydrogen-bond donors (Lipinski definition) is 0. The van der Waals surface area contributed by atoms with Gasteiger partial charge in [-0.2, -0.15) is 0 Å². The zero-order valence-electron chi connectivity index (χ0n) is 8.85. The maximum atomic E-state index is 6.20. The molecule has 0 aliphatic heterocycles. The molecule has 0 spiro atoms. The summed E-state index contributed by atoms with van der Waals surface area (Å²) in [5.74, 6) is 0.791. The first-order valence-electron chi connectivity index (χ1n) is 5.62. The van der Waals surface area contributed by atoms with Gasteiger partial charge in [-0.15, -0.1) is 11.6 Å². The van der Waals surface area contributed by atoms with Crippen LogP contribution >= 0.6 is 11.6 Å². The highest BCUT2D eigenvalue weighted by atomic mass is 35.5. The Morgan fingerprint density at radius 1 is 1.38 bits per heavy atom. The maximum Gasteiger partial charge on any atom is 0.0518 e. The normalized spacial score (nSPS) is 24.3. The lowest BCUT2D eigenvalue weighted by atomic mass is 9.90. The molecule has 0 aromatic heterocycles.